The molecule has 1 aliphatic heterocycles. The first-order valence-electron chi connectivity index (χ1n) is 4.43. The van der Waals surface area contributed by atoms with Crippen LogP contribution in [-0.4, -0.2) is 29.0 Å². The lowest BCUT2D eigenvalue weighted by atomic mass is 10.0. The third kappa shape index (κ3) is 2.16. The molecule has 2 rings (SSSR count). The molecule has 0 aromatic carbocycles. The van der Waals surface area contributed by atoms with Crippen molar-refractivity contribution in [1.82, 2.24) is 10.2 Å². The molecule has 1 atom stereocenters. The summed E-state index contributed by atoms with van der Waals surface area (Å²) in [4.78, 5) is 0. The van der Waals surface area contributed by atoms with Gasteiger partial charge >= 0.3 is 0 Å². The van der Waals surface area contributed by atoms with Crippen LogP contribution in [0.25, 0.3) is 0 Å². The quantitative estimate of drug-likeness (QED) is 0.801. The minimum Gasteiger partial charge on any atom is -0.373 e. The highest BCUT2D eigenvalue weighted by Gasteiger charge is 2.29. The summed E-state index contributed by atoms with van der Waals surface area (Å²) in [5, 5.41) is 11.8. The smallest absolute Gasteiger partial charge is 0.205 e. The molecule has 5 heteroatoms. The molecule has 0 radical (unpaired) electrons. The molecule has 1 unspecified atom stereocenters. The van der Waals surface area contributed by atoms with Crippen LogP contribution in [0.1, 0.15) is 19.8 Å². The number of aromatic nitrogens is 2. The Labute approximate surface area is 81.3 Å². The van der Waals surface area contributed by atoms with Crippen molar-refractivity contribution >= 4 is 16.5 Å². The Bertz CT molecular complexity index is 256. The lowest BCUT2D eigenvalue weighted by Crippen LogP contribution is -2.32. The highest BCUT2D eigenvalue weighted by atomic mass is 32.1. The van der Waals surface area contributed by atoms with Gasteiger partial charge in [0, 0.05) is 13.2 Å². The zero-order chi connectivity index (χ0) is 9.15. The van der Waals surface area contributed by atoms with Crippen LogP contribution in [0.5, 0.6) is 0 Å². The Balaban J connectivity index is 1.85. The molecule has 1 aromatic rings. The van der Waals surface area contributed by atoms with Crippen LogP contribution in [0.3, 0.4) is 0 Å². The predicted molar refractivity (Wildman–Crippen MR) is 52.0 cm³/mol. The maximum atomic E-state index is 5.63. The molecule has 0 bridgehead atoms. The standard InChI is InChI=1S/C8H13N3OS/c1-8(3-2-4-12-8)5-9-7-11-10-6-13-7/h6H,2-5H2,1H3,(H,9,11). The lowest BCUT2D eigenvalue weighted by molar-refractivity contribution is 0.0315. The third-order valence-electron chi connectivity index (χ3n) is 2.27. The van der Waals surface area contributed by atoms with Crippen LogP contribution in [0.15, 0.2) is 5.51 Å². The first-order chi connectivity index (χ1) is 6.29. The molecule has 13 heavy (non-hydrogen) atoms. The van der Waals surface area contributed by atoms with E-state index in [1.807, 2.05) is 0 Å². The highest BCUT2D eigenvalue weighted by molar-refractivity contribution is 7.13. The summed E-state index contributed by atoms with van der Waals surface area (Å²) in [6.45, 7) is 3.84. The normalized spacial score (nSPS) is 27.8. The van der Waals surface area contributed by atoms with E-state index in [4.69, 9.17) is 4.74 Å². The van der Waals surface area contributed by atoms with Gasteiger partial charge < -0.3 is 10.1 Å². The van der Waals surface area contributed by atoms with Gasteiger partial charge in [0.2, 0.25) is 5.13 Å². The number of anilines is 1. The molecule has 4 nitrogen and oxygen atoms in total. The van der Waals surface area contributed by atoms with Gasteiger partial charge in [-0.25, -0.2) is 0 Å². The SMILES string of the molecule is CC1(CNc2nncs2)CCCO1. The predicted octanol–water partition coefficient (Wildman–Crippen LogP) is 1.52. The summed E-state index contributed by atoms with van der Waals surface area (Å²) in [6.07, 6.45) is 2.28. The molecule has 2 heterocycles. The fourth-order valence-electron chi connectivity index (χ4n) is 1.49. The van der Waals surface area contributed by atoms with Crippen molar-refractivity contribution in [3.05, 3.63) is 5.51 Å². The van der Waals surface area contributed by atoms with Gasteiger partial charge in [-0.2, -0.15) is 0 Å². The van der Waals surface area contributed by atoms with Crippen LogP contribution in [0, 0.1) is 0 Å². The minimum atomic E-state index is -0.00826. The van der Waals surface area contributed by atoms with E-state index < -0.39 is 0 Å². The van der Waals surface area contributed by atoms with E-state index in [9.17, 15) is 0 Å². The van der Waals surface area contributed by atoms with E-state index in [0.29, 0.717) is 0 Å². The molecular weight excluding hydrogens is 186 g/mol. The van der Waals surface area contributed by atoms with Crippen LogP contribution in [0.2, 0.25) is 0 Å². The Morgan fingerprint density at radius 3 is 3.31 bits per heavy atom. The summed E-state index contributed by atoms with van der Waals surface area (Å²) in [5.74, 6) is 0. The zero-order valence-electron chi connectivity index (χ0n) is 7.62. The van der Waals surface area contributed by atoms with Gasteiger partial charge in [-0.1, -0.05) is 11.3 Å². The number of nitrogens with one attached hydrogen (secondary N) is 1. The maximum Gasteiger partial charge on any atom is 0.205 e. The second kappa shape index (κ2) is 3.59. The van der Waals surface area contributed by atoms with Crippen molar-refractivity contribution in [2.45, 2.75) is 25.4 Å². The third-order valence-corrected chi connectivity index (χ3v) is 2.92. The van der Waals surface area contributed by atoms with Gasteiger partial charge in [-0.15, -0.1) is 10.2 Å². The number of nitrogens with zero attached hydrogens (tertiary/aromatic N) is 2. The van der Waals surface area contributed by atoms with Crippen molar-refractivity contribution in [2.75, 3.05) is 18.5 Å². The largest absolute Gasteiger partial charge is 0.373 e. The number of hydrogen-bond donors (Lipinski definition) is 1. The van der Waals surface area contributed by atoms with E-state index in [1.165, 1.54) is 11.3 Å². The molecule has 72 valence electrons. The summed E-state index contributed by atoms with van der Waals surface area (Å²) in [7, 11) is 0. The molecule has 0 spiro atoms. The van der Waals surface area contributed by atoms with Gasteiger partial charge in [0.1, 0.15) is 5.51 Å². The minimum absolute atomic E-state index is 0.00826. The second-order valence-corrected chi connectivity index (χ2v) is 4.33. The van der Waals surface area contributed by atoms with Gasteiger partial charge in [0.05, 0.1) is 5.60 Å². The average Bonchev–Trinajstić information content (AvgIpc) is 2.72. The molecule has 1 N–H and O–H groups in total. The van der Waals surface area contributed by atoms with Crippen molar-refractivity contribution in [3.63, 3.8) is 0 Å². The van der Waals surface area contributed by atoms with Crippen molar-refractivity contribution in [1.29, 1.82) is 0 Å². The summed E-state index contributed by atoms with van der Waals surface area (Å²) in [5.41, 5.74) is 1.71. The van der Waals surface area contributed by atoms with Crippen LogP contribution in [-0.2, 0) is 4.74 Å². The van der Waals surface area contributed by atoms with E-state index in [-0.39, 0.29) is 5.60 Å². The Kier molecular flexibility index (Phi) is 2.46. The van der Waals surface area contributed by atoms with Gasteiger partial charge in [-0.3, -0.25) is 0 Å². The highest BCUT2D eigenvalue weighted by Crippen LogP contribution is 2.25. The second-order valence-electron chi connectivity index (χ2n) is 3.50. The van der Waals surface area contributed by atoms with E-state index in [0.717, 1.165) is 31.1 Å². The fourth-order valence-corrected chi connectivity index (χ4v) is 1.93. The zero-order valence-corrected chi connectivity index (χ0v) is 8.43. The Morgan fingerprint density at radius 2 is 2.69 bits per heavy atom. The Morgan fingerprint density at radius 1 is 1.77 bits per heavy atom. The van der Waals surface area contributed by atoms with Crippen molar-refractivity contribution < 1.29 is 4.74 Å². The molecule has 1 fully saturated rings. The molecule has 1 aliphatic rings. The summed E-state index contributed by atoms with van der Waals surface area (Å²) in [6, 6.07) is 0. The van der Waals surface area contributed by atoms with Crippen LogP contribution < -0.4 is 5.32 Å². The molecule has 0 saturated carbocycles. The molecule has 1 aromatic heterocycles. The van der Waals surface area contributed by atoms with Crippen LogP contribution >= 0.6 is 11.3 Å². The topological polar surface area (TPSA) is 47.0 Å². The van der Waals surface area contributed by atoms with E-state index in [2.05, 4.69) is 22.4 Å². The van der Waals surface area contributed by atoms with E-state index in [1.54, 1.807) is 5.51 Å². The Hall–Kier alpha value is -0.680. The fraction of sp³-hybridized carbons (Fsp3) is 0.750. The maximum absolute atomic E-state index is 5.63. The van der Waals surface area contributed by atoms with Gasteiger partial charge in [0.15, 0.2) is 0 Å². The molecule has 1 saturated heterocycles. The summed E-state index contributed by atoms with van der Waals surface area (Å²) >= 11 is 1.52. The van der Waals surface area contributed by atoms with Crippen LogP contribution in [0.4, 0.5) is 5.13 Å². The van der Waals surface area contributed by atoms with Gasteiger partial charge in [0.25, 0.3) is 0 Å². The lowest BCUT2D eigenvalue weighted by Gasteiger charge is -2.22. The number of hydrogen-bond acceptors (Lipinski definition) is 5. The average molecular weight is 199 g/mol. The van der Waals surface area contributed by atoms with Crippen molar-refractivity contribution in [3.8, 4) is 0 Å². The molecular formula is C8H13N3OS. The molecule has 0 amide bonds. The van der Waals surface area contributed by atoms with E-state index >= 15 is 0 Å². The number of rotatable bonds is 3. The van der Waals surface area contributed by atoms with Crippen molar-refractivity contribution in [2.24, 2.45) is 0 Å². The molecule has 0 aliphatic carbocycles. The number of ether oxygens (including phenoxy) is 1. The summed E-state index contributed by atoms with van der Waals surface area (Å²) < 4.78 is 5.63. The first-order valence-corrected chi connectivity index (χ1v) is 5.30. The first kappa shape index (κ1) is 8.90. The van der Waals surface area contributed by atoms with Gasteiger partial charge in [-0.05, 0) is 19.8 Å². The monoisotopic (exact) mass is 199 g/mol.